The summed E-state index contributed by atoms with van der Waals surface area (Å²) in [5.74, 6) is 0. The summed E-state index contributed by atoms with van der Waals surface area (Å²) in [6.45, 7) is 5.87. The van der Waals surface area contributed by atoms with Crippen LogP contribution in [0.15, 0.2) is 17.3 Å². The Morgan fingerprint density at radius 1 is 1.16 bits per heavy atom. The van der Waals surface area contributed by atoms with E-state index in [2.05, 4.69) is 17.6 Å². The number of thiol groups is 1. The Hall–Kier alpha value is -1.50. The summed E-state index contributed by atoms with van der Waals surface area (Å²) in [5, 5.41) is -0.0969. The number of nitrogens with zero attached hydrogens (tertiary/aromatic N) is 2. The van der Waals surface area contributed by atoms with Gasteiger partial charge in [0, 0.05) is 6.20 Å². The Bertz CT molecular complexity index is 336. The lowest BCUT2D eigenvalue weighted by Gasteiger charge is -2.18. The normalized spacial score (nSPS) is 11.5. The minimum atomic E-state index is -0.846. The van der Waals surface area contributed by atoms with Gasteiger partial charge in [0.15, 0.2) is 5.17 Å². The molecule has 0 unspecified atom stereocenters. The molecular weight excluding hydrogens is 268 g/mol. The highest BCUT2D eigenvalue weighted by atomic mass is 32.1. The molecule has 0 heterocycles. The third-order valence-corrected chi connectivity index (χ3v) is 2.08. The number of amidine groups is 1. The zero-order valence-electron chi connectivity index (χ0n) is 11.5. The Kier molecular flexibility index (Phi) is 9.60. The van der Waals surface area contributed by atoms with Gasteiger partial charge in [-0.3, -0.25) is 0 Å². The average molecular weight is 288 g/mol. The molecular formula is C12H20N2O4S. The molecule has 0 radical (unpaired) electrons. The van der Waals surface area contributed by atoms with E-state index in [1.807, 2.05) is 13.8 Å². The van der Waals surface area contributed by atoms with E-state index in [0.29, 0.717) is 17.7 Å². The van der Waals surface area contributed by atoms with Crippen molar-refractivity contribution in [2.45, 2.75) is 33.6 Å². The van der Waals surface area contributed by atoms with Crippen LogP contribution in [0.25, 0.3) is 0 Å². The largest absolute Gasteiger partial charge is 0.449 e. The molecule has 0 fully saturated rings. The van der Waals surface area contributed by atoms with Gasteiger partial charge in [0.25, 0.3) is 0 Å². The van der Waals surface area contributed by atoms with Crippen molar-refractivity contribution in [3.05, 3.63) is 12.3 Å². The number of imide groups is 1. The summed E-state index contributed by atoms with van der Waals surface area (Å²) in [6.07, 6.45) is 2.66. The second-order valence-corrected chi connectivity index (χ2v) is 3.88. The maximum atomic E-state index is 11.8. The highest BCUT2D eigenvalue weighted by molar-refractivity contribution is 7.96. The molecule has 7 heteroatoms. The minimum Gasteiger partial charge on any atom is -0.449 e. The van der Waals surface area contributed by atoms with Crippen molar-refractivity contribution in [3.8, 4) is 0 Å². The van der Waals surface area contributed by atoms with Crippen molar-refractivity contribution in [2.24, 2.45) is 4.99 Å². The average Bonchev–Trinajstić information content (AvgIpc) is 2.40. The molecule has 2 amide bonds. The topological polar surface area (TPSA) is 68.2 Å². The van der Waals surface area contributed by atoms with Gasteiger partial charge in [-0.05, 0) is 19.8 Å². The minimum absolute atomic E-state index is 0.0969. The van der Waals surface area contributed by atoms with Crippen molar-refractivity contribution in [1.82, 2.24) is 4.90 Å². The van der Waals surface area contributed by atoms with E-state index < -0.39 is 12.2 Å². The predicted octanol–water partition coefficient (Wildman–Crippen LogP) is 3.20. The van der Waals surface area contributed by atoms with Gasteiger partial charge in [-0.15, -0.1) is 12.6 Å². The first-order chi connectivity index (χ1) is 9.08. The fraction of sp³-hybridized carbons (Fsp3) is 0.583. The zero-order valence-corrected chi connectivity index (χ0v) is 12.4. The number of hydrogen-bond donors (Lipinski definition) is 1. The van der Waals surface area contributed by atoms with Crippen LogP contribution in [0.2, 0.25) is 0 Å². The van der Waals surface area contributed by atoms with Crippen LogP contribution in [-0.2, 0) is 9.47 Å². The van der Waals surface area contributed by atoms with Crippen molar-refractivity contribution in [2.75, 3.05) is 13.2 Å². The summed E-state index contributed by atoms with van der Waals surface area (Å²) in [7, 11) is 0. The molecule has 0 aliphatic rings. The molecule has 0 saturated heterocycles. The SMILES string of the molecule is CC=CN=C(S)N(C(=O)OCCC)C(=O)OCCC. The number of carbonyl (C=O) groups is 2. The fourth-order valence-corrected chi connectivity index (χ4v) is 1.17. The maximum absolute atomic E-state index is 11.8. The van der Waals surface area contributed by atoms with Gasteiger partial charge in [-0.25, -0.2) is 14.6 Å². The van der Waals surface area contributed by atoms with E-state index in [1.54, 1.807) is 13.0 Å². The summed E-state index contributed by atoms with van der Waals surface area (Å²) < 4.78 is 9.78. The molecule has 19 heavy (non-hydrogen) atoms. The van der Waals surface area contributed by atoms with Gasteiger partial charge < -0.3 is 9.47 Å². The molecule has 0 bridgehead atoms. The van der Waals surface area contributed by atoms with E-state index in [9.17, 15) is 9.59 Å². The van der Waals surface area contributed by atoms with Gasteiger partial charge in [-0.2, -0.15) is 4.90 Å². The number of carbonyl (C=O) groups excluding carboxylic acids is 2. The van der Waals surface area contributed by atoms with Crippen LogP contribution in [0.3, 0.4) is 0 Å². The van der Waals surface area contributed by atoms with Gasteiger partial charge in [0.1, 0.15) is 0 Å². The monoisotopic (exact) mass is 288 g/mol. The summed E-state index contributed by atoms with van der Waals surface area (Å²) >= 11 is 4.01. The smallest absolute Gasteiger partial charge is 0.425 e. The van der Waals surface area contributed by atoms with Crippen LogP contribution in [0, 0.1) is 0 Å². The molecule has 6 nitrogen and oxygen atoms in total. The van der Waals surface area contributed by atoms with Crippen LogP contribution in [0.4, 0.5) is 9.59 Å². The summed E-state index contributed by atoms with van der Waals surface area (Å²) in [6, 6.07) is 0. The highest BCUT2D eigenvalue weighted by Gasteiger charge is 2.27. The lowest BCUT2D eigenvalue weighted by atomic mass is 10.5. The molecule has 0 aliphatic heterocycles. The summed E-state index contributed by atoms with van der Waals surface area (Å²) in [5.41, 5.74) is 0. The molecule has 0 aromatic carbocycles. The summed E-state index contributed by atoms with van der Waals surface area (Å²) in [4.78, 5) is 28.0. The fourth-order valence-electron chi connectivity index (χ4n) is 0.945. The number of ether oxygens (including phenoxy) is 2. The molecule has 108 valence electrons. The molecule has 0 aromatic rings. The third-order valence-electron chi connectivity index (χ3n) is 1.76. The third kappa shape index (κ3) is 6.85. The Labute approximate surface area is 118 Å². The lowest BCUT2D eigenvalue weighted by molar-refractivity contribution is 0.0968. The van der Waals surface area contributed by atoms with Crippen LogP contribution in [-0.4, -0.2) is 35.5 Å². The van der Waals surface area contributed by atoms with Crippen LogP contribution in [0.5, 0.6) is 0 Å². The first kappa shape index (κ1) is 17.5. The van der Waals surface area contributed by atoms with E-state index in [-0.39, 0.29) is 18.4 Å². The van der Waals surface area contributed by atoms with E-state index in [4.69, 9.17) is 9.47 Å². The van der Waals surface area contributed by atoms with Crippen molar-refractivity contribution >= 4 is 30.0 Å². The lowest BCUT2D eigenvalue weighted by Crippen LogP contribution is -2.40. The van der Waals surface area contributed by atoms with Crippen LogP contribution < -0.4 is 0 Å². The molecule has 0 rings (SSSR count). The Morgan fingerprint density at radius 3 is 2.00 bits per heavy atom. The molecule has 0 saturated carbocycles. The van der Waals surface area contributed by atoms with E-state index >= 15 is 0 Å². The number of allylic oxidation sites excluding steroid dienone is 1. The molecule has 0 atom stereocenters. The van der Waals surface area contributed by atoms with Gasteiger partial charge >= 0.3 is 12.2 Å². The predicted molar refractivity (Wildman–Crippen MR) is 76.4 cm³/mol. The zero-order chi connectivity index (χ0) is 14.7. The first-order valence-electron chi connectivity index (χ1n) is 6.09. The second-order valence-electron chi connectivity index (χ2n) is 3.48. The Morgan fingerprint density at radius 2 is 1.63 bits per heavy atom. The van der Waals surface area contributed by atoms with E-state index in [1.165, 1.54) is 6.20 Å². The van der Waals surface area contributed by atoms with Crippen LogP contribution >= 0.6 is 12.6 Å². The number of aliphatic imine (C=N–C) groups is 1. The Balaban J connectivity index is 4.91. The standard InChI is InChI=1S/C12H20N2O4S/c1-4-7-13-10(19)14(11(15)17-8-5-2)12(16)18-9-6-3/h4,7H,5-6,8-9H2,1-3H3,(H,13,19). The number of rotatable bonds is 5. The van der Waals surface area contributed by atoms with Gasteiger partial charge in [0.2, 0.25) is 0 Å². The van der Waals surface area contributed by atoms with Crippen LogP contribution in [0.1, 0.15) is 33.6 Å². The quantitative estimate of drug-likeness (QED) is 0.479. The van der Waals surface area contributed by atoms with Crippen molar-refractivity contribution in [3.63, 3.8) is 0 Å². The molecule has 0 aliphatic carbocycles. The van der Waals surface area contributed by atoms with E-state index in [0.717, 1.165) is 0 Å². The first-order valence-corrected chi connectivity index (χ1v) is 6.54. The highest BCUT2D eigenvalue weighted by Crippen LogP contribution is 2.05. The second kappa shape index (κ2) is 10.4. The molecule has 0 spiro atoms. The van der Waals surface area contributed by atoms with Crippen molar-refractivity contribution in [1.29, 1.82) is 0 Å². The van der Waals surface area contributed by atoms with Gasteiger partial charge in [0.05, 0.1) is 13.2 Å². The van der Waals surface area contributed by atoms with Gasteiger partial charge in [-0.1, -0.05) is 19.9 Å². The number of hydrogen-bond acceptors (Lipinski definition) is 5. The number of amides is 2. The van der Waals surface area contributed by atoms with Crippen molar-refractivity contribution < 1.29 is 19.1 Å². The molecule has 0 N–H and O–H groups in total. The molecule has 0 aromatic heterocycles. The maximum Gasteiger partial charge on any atom is 0.425 e.